The summed E-state index contributed by atoms with van der Waals surface area (Å²) in [5, 5.41) is 37.3. The zero-order valence-electron chi connectivity index (χ0n) is 27.8. The number of rotatable bonds is 21. The van der Waals surface area contributed by atoms with E-state index in [1.54, 1.807) is 6.92 Å². The lowest BCUT2D eigenvalue weighted by Gasteiger charge is -2.30. The Hall–Kier alpha value is -4.72. The summed E-state index contributed by atoms with van der Waals surface area (Å²) < 4.78 is 0. The molecule has 1 aliphatic rings. The van der Waals surface area contributed by atoms with Gasteiger partial charge in [-0.05, 0) is 31.6 Å². The highest BCUT2D eigenvalue weighted by atomic mass is 32.1. The number of imidazole rings is 1. The summed E-state index contributed by atoms with van der Waals surface area (Å²) in [5.41, 5.74) is 6.41. The normalized spacial score (nSPS) is 17.7. The fourth-order valence-corrected chi connectivity index (χ4v) is 5.42. The molecule has 5 amide bonds. The number of nitrogens with one attached hydrogen (secondary N) is 5. The second-order valence-corrected chi connectivity index (χ2v) is 12.4. The number of likely N-dealkylation sites (tertiary alicyclic amines) is 1. The van der Waals surface area contributed by atoms with Crippen molar-refractivity contribution in [3.63, 3.8) is 0 Å². The number of thiol groups is 1. The molecule has 0 radical (unpaired) electrons. The van der Waals surface area contributed by atoms with Crippen LogP contribution in [0.4, 0.5) is 0 Å². The SMILES string of the molecule is CCC(C)C(N)C(=O)NC(CS)C(=O)N1CCCC1C(=O)NC(Cc1cnc[nH]1)C(=O)NC(CCC(=O)O)C(=O)NC(CCC(=O)O)C(=O)O. The number of nitrogens with zero attached hydrogens (tertiary/aromatic N) is 2. The highest BCUT2D eigenvalue weighted by Crippen LogP contribution is 2.20. The van der Waals surface area contributed by atoms with Crippen molar-refractivity contribution in [2.24, 2.45) is 11.7 Å². The molecule has 0 bridgehead atoms. The molecular weight excluding hydrogens is 680 g/mol. The summed E-state index contributed by atoms with van der Waals surface area (Å²) in [6.45, 7) is 3.85. The van der Waals surface area contributed by atoms with Gasteiger partial charge in [0.15, 0.2) is 0 Å². The summed E-state index contributed by atoms with van der Waals surface area (Å²) >= 11 is 4.21. The fourth-order valence-electron chi connectivity index (χ4n) is 5.17. The molecule has 7 atom stereocenters. The quantitative estimate of drug-likeness (QED) is 0.0614. The summed E-state index contributed by atoms with van der Waals surface area (Å²) in [7, 11) is 0. The molecule has 1 fully saturated rings. The molecule has 0 spiro atoms. The second-order valence-electron chi connectivity index (χ2n) is 12.0. The molecule has 0 aromatic carbocycles. The number of carboxylic acids is 3. The Balaban J connectivity index is 2.26. The Morgan fingerprint density at radius 3 is 2.04 bits per heavy atom. The average molecular weight is 727 g/mol. The van der Waals surface area contributed by atoms with Gasteiger partial charge in [0.1, 0.15) is 30.2 Å². The topological polar surface area (TPSA) is 303 Å². The lowest BCUT2D eigenvalue weighted by atomic mass is 9.99. The summed E-state index contributed by atoms with van der Waals surface area (Å²) in [6.07, 6.45) is 1.70. The van der Waals surface area contributed by atoms with E-state index in [0.717, 1.165) is 0 Å². The summed E-state index contributed by atoms with van der Waals surface area (Å²) in [4.78, 5) is 108. The van der Waals surface area contributed by atoms with E-state index in [1.807, 2.05) is 6.92 Å². The first-order valence-electron chi connectivity index (χ1n) is 16.1. The highest BCUT2D eigenvalue weighted by Gasteiger charge is 2.39. The maximum atomic E-state index is 13.6. The predicted molar refractivity (Wildman–Crippen MR) is 177 cm³/mol. The minimum atomic E-state index is -1.65. The van der Waals surface area contributed by atoms with Crippen LogP contribution in [-0.2, 0) is 44.8 Å². The molecular formula is C30H46N8O11S. The van der Waals surface area contributed by atoms with Crippen LogP contribution in [0.3, 0.4) is 0 Å². The molecule has 2 rings (SSSR count). The fraction of sp³-hybridized carbons (Fsp3) is 0.633. The van der Waals surface area contributed by atoms with Crippen LogP contribution < -0.4 is 27.0 Å². The second kappa shape index (κ2) is 20.1. The Kier molecular flexibility index (Phi) is 16.6. The minimum Gasteiger partial charge on any atom is -0.481 e. The van der Waals surface area contributed by atoms with Crippen molar-refractivity contribution in [3.8, 4) is 0 Å². The maximum Gasteiger partial charge on any atom is 0.326 e. The van der Waals surface area contributed by atoms with Gasteiger partial charge in [-0.1, -0.05) is 20.3 Å². The molecule has 10 N–H and O–H groups in total. The molecule has 7 unspecified atom stereocenters. The number of aromatic nitrogens is 2. The van der Waals surface area contributed by atoms with Crippen LogP contribution >= 0.6 is 12.6 Å². The van der Waals surface area contributed by atoms with Gasteiger partial charge in [0.25, 0.3) is 0 Å². The molecule has 1 saturated heterocycles. The van der Waals surface area contributed by atoms with Crippen LogP contribution in [0.5, 0.6) is 0 Å². The molecule has 19 nitrogen and oxygen atoms in total. The predicted octanol–water partition coefficient (Wildman–Crippen LogP) is -2.00. The van der Waals surface area contributed by atoms with Gasteiger partial charge >= 0.3 is 17.9 Å². The minimum absolute atomic E-state index is 0.0771. The standard InChI is InChI=1S/C30H46N8O11S/c1-3-15(2)24(31)28(46)37-20(13-50)29(47)38-10-4-5-21(38)27(45)36-19(11-16-12-32-14-33-16)26(44)34-17(6-8-22(39)40)25(43)35-18(30(48)49)7-9-23(41)42/h12,14-15,17-21,24,50H,3-11,13,31H2,1-2H3,(H,32,33)(H,34,44)(H,35,43)(H,36,45)(H,37,46)(H,39,40)(H,41,42)(H,48,49). The van der Waals surface area contributed by atoms with E-state index in [4.69, 9.17) is 10.8 Å². The van der Waals surface area contributed by atoms with Crippen LogP contribution in [-0.4, -0.2) is 126 Å². The van der Waals surface area contributed by atoms with E-state index in [-0.39, 0.29) is 31.1 Å². The number of H-pyrrole nitrogens is 1. The smallest absolute Gasteiger partial charge is 0.326 e. The van der Waals surface area contributed by atoms with Crippen molar-refractivity contribution in [3.05, 3.63) is 18.2 Å². The third-order valence-electron chi connectivity index (χ3n) is 8.35. The van der Waals surface area contributed by atoms with Crippen molar-refractivity contribution in [2.75, 3.05) is 12.3 Å². The number of nitrogens with two attached hydrogens (primary N) is 1. The van der Waals surface area contributed by atoms with Crippen LogP contribution in [0.15, 0.2) is 12.5 Å². The van der Waals surface area contributed by atoms with Crippen LogP contribution in [0.2, 0.25) is 0 Å². The number of carboxylic acid groups (broad SMARTS) is 3. The lowest BCUT2D eigenvalue weighted by Crippen LogP contribution is -2.59. The lowest BCUT2D eigenvalue weighted by molar-refractivity contribution is -0.144. The Morgan fingerprint density at radius 1 is 0.920 bits per heavy atom. The van der Waals surface area contributed by atoms with Gasteiger partial charge in [-0.15, -0.1) is 0 Å². The third kappa shape index (κ3) is 12.6. The van der Waals surface area contributed by atoms with E-state index >= 15 is 0 Å². The van der Waals surface area contributed by atoms with Crippen molar-refractivity contribution in [2.45, 2.75) is 101 Å². The van der Waals surface area contributed by atoms with Gasteiger partial charge in [0, 0.05) is 43.5 Å². The first-order valence-corrected chi connectivity index (χ1v) is 16.7. The first-order chi connectivity index (χ1) is 23.6. The number of aromatic amines is 1. The average Bonchev–Trinajstić information content (AvgIpc) is 3.78. The number of carbonyl (C=O) groups is 8. The van der Waals surface area contributed by atoms with Crippen molar-refractivity contribution in [1.82, 2.24) is 36.1 Å². The monoisotopic (exact) mass is 726 g/mol. The van der Waals surface area contributed by atoms with Gasteiger partial charge in [-0.25, -0.2) is 9.78 Å². The molecule has 0 aliphatic carbocycles. The third-order valence-corrected chi connectivity index (χ3v) is 8.71. The molecule has 278 valence electrons. The van der Waals surface area contributed by atoms with Gasteiger partial charge in [0.2, 0.25) is 29.5 Å². The number of aliphatic carboxylic acids is 3. The van der Waals surface area contributed by atoms with Gasteiger partial charge in [-0.3, -0.25) is 33.6 Å². The van der Waals surface area contributed by atoms with E-state index in [2.05, 4.69) is 43.9 Å². The van der Waals surface area contributed by atoms with E-state index in [1.165, 1.54) is 17.4 Å². The van der Waals surface area contributed by atoms with Gasteiger partial charge in [-0.2, -0.15) is 12.6 Å². The Morgan fingerprint density at radius 2 is 1.50 bits per heavy atom. The molecule has 0 saturated carbocycles. The van der Waals surface area contributed by atoms with Crippen LogP contribution in [0.1, 0.15) is 64.5 Å². The van der Waals surface area contributed by atoms with Crippen molar-refractivity contribution < 1.29 is 53.7 Å². The first kappa shape index (κ1) is 41.5. The zero-order valence-corrected chi connectivity index (χ0v) is 28.7. The molecule has 1 aromatic heterocycles. The van der Waals surface area contributed by atoms with Gasteiger partial charge < -0.3 is 52.2 Å². The molecule has 1 aromatic rings. The number of hydrogen-bond donors (Lipinski definition) is 10. The zero-order chi connectivity index (χ0) is 37.5. The van der Waals surface area contributed by atoms with Crippen molar-refractivity contribution >= 4 is 60.1 Å². The maximum absolute atomic E-state index is 13.6. The van der Waals surface area contributed by atoms with Gasteiger partial charge in [0.05, 0.1) is 12.4 Å². The summed E-state index contributed by atoms with van der Waals surface area (Å²) in [6, 6.07) is -7.62. The Bertz CT molecular complexity index is 1380. The number of amides is 5. The number of carbonyl (C=O) groups excluding carboxylic acids is 5. The number of hydrogen-bond acceptors (Lipinski definition) is 11. The van der Waals surface area contributed by atoms with E-state index < -0.39 is 109 Å². The molecule has 2 heterocycles. The molecule has 20 heteroatoms. The molecule has 50 heavy (non-hydrogen) atoms. The van der Waals surface area contributed by atoms with E-state index in [9.17, 15) is 48.6 Å². The largest absolute Gasteiger partial charge is 0.481 e. The Labute approximate surface area is 293 Å². The summed E-state index contributed by atoms with van der Waals surface area (Å²) in [5.74, 6) is -8.24. The van der Waals surface area contributed by atoms with Crippen molar-refractivity contribution in [1.29, 1.82) is 0 Å². The van der Waals surface area contributed by atoms with Crippen LogP contribution in [0, 0.1) is 5.92 Å². The molecule has 1 aliphatic heterocycles. The highest BCUT2D eigenvalue weighted by molar-refractivity contribution is 7.80. The van der Waals surface area contributed by atoms with Crippen LogP contribution in [0.25, 0.3) is 0 Å². The van der Waals surface area contributed by atoms with E-state index in [0.29, 0.717) is 18.5 Å².